The first-order chi connectivity index (χ1) is 10.9. The van der Waals surface area contributed by atoms with Crippen LogP contribution in [0.15, 0.2) is 6.20 Å². The summed E-state index contributed by atoms with van der Waals surface area (Å²) in [5.74, 6) is 0.139. The van der Waals surface area contributed by atoms with Crippen LogP contribution in [-0.2, 0) is 6.54 Å². The van der Waals surface area contributed by atoms with Gasteiger partial charge in [0.15, 0.2) is 5.78 Å². The van der Waals surface area contributed by atoms with Gasteiger partial charge in [0.1, 0.15) is 0 Å². The molecule has 0 saturated carbocycles. The van der Waals surface area contributed by atoms with Gasteiger partial charge in [-0.05, 0) is 33.5 Å². The molecule has 8 heteroatoms. The van der Waals surface area contributed by atoms with Crippen molar-refractivity contribution in [2.24, 2.45) is 0 Å². The third-order valence-electron chi connectivity index (χ3n) is 4.36. The number of carbonyl (C=O) groups excluding carboxylic acids is 1. The van der Waals surface area contributed by atoms with E-state index in [1.165, 1.54) is 0 Å². The molecule has 25 heavy (non-hydrogen) atoms. The van der Waals surface area contributed by atoms with E-state index >= 15 is 0 Å². The summed E-state index contributed by atoms with van der Waals surface area (Å²) in [6.07, 6.45) is 1.56. The molecule has 0 aliphatic carbocycles. The van der Waals surface area contributed by atoms with Gasteiger partial charge in [0, 0.05) is 56.7 Å². The molecule has 2 rings (SSSR count). The molecule has 146 valence electrons. The number of ketones is 1. The molecule has 2 N–H and O–H groups in total. The summed E-state index contributed by atoms with van der Waals surface area (Å²) < 4.78 is 2.02. The number of rotatable bonds is 7. The maximum Gasteiger partial charge on any atom is 0.178 e. The number of halogens is 2. The molecule has 1 aromatic rings. The van der Waals surface area contributed by atoms with Crippen molar-refractivity contribution in [1.82, 2.24) is 19.7 Å². The Morgan fingerprint density at radius 1 is 1.24 bits per heavy atom. The second-order valence-electron chi connectivity index (χ2n) is 6.79. The number of aromatic nitrogens is 1. The molecule has 1 aliphatic rings. The maximum absolute atomic E-state index is 12.4. The van der Waals surface area contributed by atoms with Gasteiger partial charge in [-0.1, -0.05) is 0 Å². The summed E-state index contributed by atoms with van der Waals surface area (Å²) in [6, 6.07) is 0. The standard InChI is InChI=1S/C17H30N4O2.2ClH/c1-13-9-21(14(2)17(13)16(23)12-19(3)4)11-15(22)10-20-7-5-18-6-8-20;;/h9,15,18,22H,5-8,10-12H2,1-4H3;2*1H. The van der Waals surface area contributed by atoms with Crippen LogP contribution in [0.3, 0.4) is 0 Å². The summed E-state index contributed by atoms with van der Waals surface area (Å²) in [6.45, 7) is 9.48. The minimum atomic E-state index is -0.421. The number of hydrogen-bond donors (Lipinski definition) is 2. The van der Waals surface area contributed by atoms with Gasteiger partial charge in [-0.3, -0.25) is 9.69 Å². The number of likely N-dealkylation sites (N-methyl/N-ethyl adjacent to an activating group) is 1. The molecule has 1 aromatic heterocycles. The van der Waals surface area contributed by atoms with Crippen LogP contribution in [0.4, 0.5) is 0 Å². The first kappa shape index (κ1) is 24.4. The number of piperazine rings is 1. The Morgan fingerprint density at radius 2 is 1.84 bits per heavy atom. The zero-order valence-electron chi connectivity index (χ0n) is 15.6. The zero-order valence-corrected chi connectivity index (χ0v) is 17.3. The lowest BCUT2D eigenvalue weighted by molar-refractivity contribution is 0.0907. The van der Waals surface area contributed by atoms with Crippen LogP contribution in [0.2, 0.25) is 0 Å². The predicted molar refractivity (Wildman–Crippen MR) is 107 cm³/mol. The van der Waals surface area contributed by atoms with E-state index in [9.17, 15) is 9.90 Å². The molecular formula is C17H32Cl2N4O2. The fourth-order valence-corrected chi connectivity index (χ4v) is 3.28. The number of aryl methyl sites for hydroxylation is 1. The number of hydrogen-bond acceptors (Lipinski definition) is 5. The van der Waals surface area contributed by atoms with E-state index in [2.05, 4.69) is 10.2 Å². The van der Waals surface area contributed by atoms with E-state index < -0.39 is 6.10 Å². The number of nitrogens with zero attached hydrogens (tertiary/aromatic N) is 3. The van der Waals surface area contributed by atoms with Gasteiger partial charge >= 0.3 is 0 Å². The first-order valence-corrected chi connectivity index (χ1v) is 8.34. The van der Waals surface area contributed by atoms with Gasteiger partial charge in [0.25, 0.3) is 0 Å². The van der Waals surface area contributed by atoms with Crippen molar-refractivity contribution in [3.63, 3.8) is 0 Å². The lowest BCUT2D eigenvalue weighted by atomic mass is 10.1. The molecule has 1 saturated heterocycles. The van der Waals surface area contributed by atoms with Crippen LogP contribution in [0.25, 0.3) is 0 Å². The molecule has 1 unspecified atom stereocenters. The third-order valence-corrected chi connectivity index (χ3v) is 4.36. The highest BCUT2D eigenvalue weighted by Gasteiger charge is 2.20. The summed E-state index contributed by atoms with van der Waals surface area (Å²) in [7, 11) is 3.80. The average molecular weight is 395 g/mol. The van der Waals surface area contributed by atoms with Crippen molar-refractivity contribution in [1.29, 1.82) is 0 Å². The van der Waals surface area contributed by atoms with E-state index in [1.807, 2.05) is 43.6 Å². The molecule has 0 spiro atoms. The predicted octanol–water partition coefficient (Wildman–Crippen LogP) is 0.959. The van der Waals surface area contributed by atoms with Crippen LogP contribution in [-0.4, -0.2) is 84.7 Å². The molecule has 2 heterocycles. The van der Waals surface area contributed by atoms with Crippen molar-refractivity contribution >= 4 is 30.6 Å². The Bertz CT molecular complexity index is 543. The average Bonchev–Trinajstić information content (AvgIpc) is 2.73. The van der Waals surface area contributed by atoms with Gasteiger partial charge in [0.2, 0.25) is 0 Å². The van der Waals surface area contributed by atoms with Crippen LogP contribution in [0, 0.1) is 13.8 Å². The molecule has 0 aromatic carbocycles. The fraction of sp³-hybridized carbons (Fsp3) is 0.706. The fourth-order valence-electron chi connectivity index (χ4n) is 3.28. The zero-order chi connectivity index (χ0) is 17.0. The summed E-state index contributed by atoms with van der Waals surface area (Å²) >= 11 is 0. The number of Topliss-reactive ketones (excluding diaryl/α,β-unsaturated/α-hetero) is 1. The van der Waals surface area contributed by atoms with Crippen LogP contribution in [0.1, 0.15) is 21.6 Å². The van der Waals surface area contributed by atoms with Gasteiger partial charge in [-0.2, -0.15) is 0 Å². The largest absolute Gasteiger partial charge is 0.390 e. The van der Waals surface area contributed by atoms with E-state index in [-0.39, 0.29) is 30.6 Å². The summed E-state index contributed by atoms with van der Waals surface area (Å²) in [5.41, 5.74) is 2.74. The van der Waals surface area contributed by atoms with Crippen molar-refractivity contribution in [3.05, 3.63) is 23.0 Å². The SMILES string of the molecule is Cc1cn(CC(O)CN2CCNCC2)c(C)c1C(=O)CN(C)C.Cl.Cl. The summed E-state index contributed by atoms with van der Waals surface area (Å²) in [4.78, 5) is 16.5. The van der Waals surface area contributed by atoms with E-state index in [1.54, 1.807) is 0 Å². The molecule has 0 bridgehead atoms. The normalized spacial score (nSPS) is 16.2. The first-order valence-electron chi connectivity index (χ1n) is 8.34. The van der Waals surface area contributed by atoms with Crippen molar-refractivity contribution in [2.75, 3.05) is 53.4 Å². The number of aliphatic hydroxyl groups excluding tert-OH is 1. The lowest BCUT2D eigenvalue weighted by Crippen LogP contribution is -2.46. The minimum Gasteiger partial charge on any atom is -0.390 e. The van der Waals surface area contributed by atoms with Gasteiger partial charge in [0.05, 0.1) is 12.6 Å². The Kier molecular flexibility index (Phi) is 10.9. The van der Waals surface area contributed by atoms with Crippen molar-refractivity contribution in [3.8, 4) is 0 Å². The van der Waals surface area contributed by atoms with E-state index in [4.69, 9.17) is 0 Å². The van der Waals surface area contributed by atoms with Gasteiger partial charge in [-0.15, -0.1) is 24.8 Å². The second-order valence-corrected chi connectivity index (χ2v) is 6.79. The van der Waals surface area contributed by atoms with E-state index in [0.717, 1.165) is 43.0 Å². The Hall–Kier alpha value is -0.630. The van der Waals surface area contributed by atoms with Gasteiger partial charge < -0.3 is 19.9 Å². The maximum atomic E-state index is 12.4. The molecule has 6 nitrogen and oxygen atoms in total. The van der Waals surface area contributed by atoms with Crippen molar-refractivity contribution in [2.45, 2.75) is 26.5 Å². The van der Waals surface area contributed by atoms with Crippen LogP contribution in [0.5, 0.6) is 0 Å². The van der Waals surface area contributed by atoms with Crippen LogP contribution < -0.4 is 5.32 Å². The molecule has 1 atom stereocenters. The molecular weight excluding hydrogens is 363 g/mol. The van der Waals surface area contributed by atoms with Gasteiger partial charge in [-0.25, -0.2) is 0 Å². The third kappa shape index (κ3) is 6.89. The highest BCUT2D eigenvalue weighted by atomic mass is 35.5. The molecule has 1 aliphatic heterocycles. The topological polar surface area (TPSA) is 60.7 Å². The van der Waals surface area contributed by atoms with E-state index in [0.29, 0.717) is 19.6 Å². The number of β-amino-alcohol motifs (C(OH)–C–C–N with tert-alkyl or cyclic N) is 1. The minimum absolute atomic E-state index is 0. The Morgan fingerprint density at radius 3 is 2.40 bits per heavy atom. The molecule has 1 fully saturated rings. The highest BCUT2D eigenvalue weighted by molar-refractivity contribution is 6.00. The van der Waals surface area contributed by atoms with Crippen molar-refractivity contribution < 1.29 is 9.90 Å². The Labute approximate surface area is 163 Å². The van der Waals surface area contributed by atoms with Crippen LogP contribution >= 0.6 is 24.8 Å². The number of aliphatic hydroxyl groups is 1. The quantitative estimate of drug-likeness (QED) is 0.674. The lowest BCUT2D eigenvalue weighted by Gasteiger charge is -2.29. The number of carbonyl (C=O) groups is 1. The second kappa shape index (κ2) is 11.2. The smallest absolute Gasteiger partial charge is 0.178 e. The Balaban J connectivity index is 0.00000288. The summed E-state index contributed by atoms with van der Waals surface area (Å²) in [5, 5.41) is 13.7. The molecule has 0 amide bonds. The number of nitrogens with one attached hydrogen (secondary N) is 1. The molecule has 0 radical (unpaired) electrons. The highest BCUT2D eigenvalue weighted by Crippen LogP contribution is 2.18. The monoisotopic (exact) mass is 394 g/mol.